The Hall–Kier alpha value is -1.04. The molecule has 0 fully saturated rings. The van der Waals surface area contributed by atoms with Crippen molar-refractivity contribution in [3.63, 3.8) is 0 Å². The van der Waals surface area contributed by atoms with Crippen molar-refractivity contribution >= 4 is 11.6 Å². The maximum absolute atomic E-state index is 13.0. The molecule has 1 nitrogen and oxygen atoms in total. The Morgan fingerprint density at radius 2 is 2.22 bits per heavy atom. The smallest absolute Gasteiger partial charge is 0.124 e. The van der Waals surface area contributed by atoms with E-state index in [-0.39, 0.29) is 11.9 Å². The van der Waals surface area contributed by atoms with E-state index >= 15 is 0 Å². The molecule has 1 N–H and O–H groups in total. The number of nitrogens with one attached hydrogen (secondary N) is 1. The van der Waals surface area contributed by atoms with E-state index < -0.39 is 0 Å². The second-order valence-electron chi connectivity index (χ2n) is 4.14. The Morgan fingerprint density at radius 1 is 1.44 bits per heavy atom. The maximum Gasteiger partial charge on any atom is 0.124 e. The van der Waals surface area contributed by atoms with E-state index in [1.165, 1.54) is 12.1 Å². The predicted molar refractivity (Wildman–Crippen MR) is 75.1 cm³/mol. The first-order valence-electron chi connectivity index (χ1n) is 6.27. The average Bonchev–Trinajstić information content (AvgIpc) is 2.34. The standard InChI is InChI=1S/C15H19ClFN/c1-3-5-6-7-15(18-10-4-2)13-9-8-12(17)11-14(13)16/h8-9,11,15,18H,4,6-7,10H2,1-2H3. The van der Waals surface area contributed by atoms with Gasteiger partial charge in [0.2, 0.25) is 0 Å². The third-order valence-corrected chi connectivity index (χ3v) is 3.04. The fourth-order valence-corrected chi connectivity index (χ4v) is 2.11. The minimum Gasteiger partial charge on any atom is -0.310 e. The molecule has 98 valence electrons. The van der Waals surface area contributed by atoms with Crippen molar-refractivity contribution in [3.8, 4) is 11.8 Å². The quantitative estimate of drug-likeness (QED) is 0.757. The molecule has 0 aliphatic carbocycles. The Bertz CT molecular complexity index is 434. The first-order chi connectivity index (χ1) is 8.69. The molecule has 0 heterocycles. The van der Waals surface area contributed by atoms with Crippen LogP contribution in [0, 0.1) is 17.7 Å². The van der Waals surface area contributed by atoms with Crippen LogP contribution in [0.3, 0.4) is 0 Å². The van der Waals surface area contributed by atoms with Crippen molar-refractivity contribution in [1.82, 2.24) is 5.32 Å². The van der Waals surface area contributed by atoms with Crippen LogP contribution in [0.2, 0.25) is 5.02 Å². The number of hydrogen-bond acceptors (Lipinski definition) is 1. The summed E-state index contributed by atoms with van der Waals surface area (Å²) in [4.78, 5) is 0. The summed E-state index contributed by atoms with van der Waals surface area (Å²) in [5.41, 5.74) is 0.949. The highest BCUT2D eigenvalue weighted by Crippen LogP contribution is 2.26. The van der Waals surface area contributed by atoms with E-state index in [0.29, 0.717) is 5.02 Å². The molecular weight excluding hydrogens is 249 g/mol. The summed E-state index contributed by atoms with van der Waals surface area (Å²) < 4.78 is 13.0. The lowest BCUT2D eigenvalue weighted by molar-refractivity contribution is 0.504. The van der Waals surface area contributed by atoms with Crippen molar-refractivity contribution in [2.45, 2.75) is 39.2 Å². The summed E-state index contributed by atoms with van der Waals surface area (Å²) in [7, 11) is 0. The highest BCUT2D eigenvalue weighted by molar-refractivity contribution is 6.31. The van der Waals surface area contributed by atoms with Gasteiger partial charge in [-0.15, -0.1) is 11.8 Å². The monoisotopic (exact) mass is 267 g/mol. The van der Waals surface area contributed by atoms with Crippen LogP contribution in [0.15, 0.2) is 18.2 Å². The molecule has 1 unspecified atom stereocenters. The van der Waals surface area contributed by atoms with Gasteiger partial charge in [-0.25, -0.2) is 4.39 Å². The molecule has 0 bridgehead atoms. The van der Waals surface area contributed by atoms with E-state index in [0.717, 1.165) is 31.4 Å². The Morgan fingerprint density at radius 3 is 2.83 bits per heavy atom. The molecule has 1 rings (SSSR count). The Labute approximate surface area is 114 Å². The van der Waals surface area contributed by atoms with E-state index in [4.69, 9.17) is 11.6 Å². The Kier molecular flexibility index (Phi) is 6.78. The van der Waals surface area contributed by atoms with Crippen LogP contribution in [0.4, 0.5) is 4.39 Å². The molecule has 0 saturated carbocycles. The van der Waals surface area contributed by atoms with Gasteiger partial charge in [0.25, 0.3) is 0 Å². The zero-order chi connectivity index (χ0) is 13.4. The molecule has 0 aromatic heterocycles. The SMILES string of the molecule is CC#CCCC(NCCC)c1ccc(F)cc1Cl. The minimum atomic E-state index is -0.300. The molecular formula is C15H19ClFN. The van der Waals surface area contributed by atoms with Crippen LogP contribution < -0.4 is 5.32 Å². The van der Waals surface area contributed by atoms with E-state index in [1.807, 2.05) is 6.92 Å². The van der Waals surface area contributed by atoms with Gasteiger partial charge in [-0.2, -0.15) is 0 Å². The zero-order valence-electron chi connectivity index (χ0n) is 10.9. The zero-order valence-corrected chi connectivity index (χ0v) is 11.6. The van der Waals surface area contributed by atoms with Crippen LogP contribution in [-0.4, -0.2) is 6.54 Å². The van der Waals surface area contributed by atoms with E-state index in [9.17, 15) is 4.39 Å². The van der Waals surface area contributed by atoms with Crippen molar-refractivity contribution in [1.29, 1.82) is 0 Å². The Balaban J connectivity index is 2.81. The molecule has 0 aliphatic heterocycles. The van der Waals surface area contributed by atoms with E-state index in [2.05, 4.69) is 24.1 Å². The topological polar surface area (TPSA) is 12.0 Å². The van der Waals surface area contributed by atoms with Gasteiger partial charge in [-0.1, -0.05) is 24.6 Å². The molecule has 1 atom stereocenters. The normalized spacial score (nSPS) is 11.8. The summed E-state index contributed by atoms with van der Waals surface area (Å²) >= 11 is 6.10. The first kappa shape index (κ1) is 15.0. The second-order valence-corrected chi connectivity index (χ2v) is 4.55. The molecule has 1 aromatic rings. The minimum absolute atomic E-state index is 0.138. The summed E-state index contributed by atoms with van der Waals surface area (Å²) in [6.07, 6.45) is 2.74. The van der Waals surface area contributed by atoms with Gasteiger partial charge < -0.3 is 5.32 Å². The molecule has 0 aliphatic rings. The van der Waals surface area contributed by atoms with Gasteiger partial charge in [0.15, 0.2) is 0 Å². The summed E-state index contributed by atoms with van der Waals surface area (Å²) in [6.45, 7) is 4.86. The molecule has 0 saturated heterocycles. The van der Waals surface area contributed by atoms with Crippen molar-refractivity contribution in [3.05, 3.63) is 34.6 Å². The van der Waals surface area contributed by atoms with E-state index in [1.54, 1.807) is 6.07 Å². The van der Waals surface area contributed by atoms with Crippen molar-refractivity contribution in [2.75, 3.05) is 6.54 Å². The fourth-order valence-electron chi connectivity index (χ4n) is 1.81. The van der Waals surface area contributed by atoms with Gasteiger partial charge in [-0.3, -0.25) is 0 Å². The number of halogens is 2. The van der Waals surface area contributed by atoms with Gasteiger partial charge in [-0.05, 0) is 44.0 Å². The van der Waals surface area contributed by atoms with Gasteiger partial charge in [0.05, 0.1) is 0 Å². The largest absolute Gasteiger partial charge is 0.310 e. The molecule has 18 heavy (non-hydrogen) atoms. The number of rotatable bonds is 6. The van der Waals surface area contributed by atoms with Crippen LogP contribution in [-0.2, 0) is 0 Å². The van der Waals surface area contributed by atoms with Crippen LogP contribution in [0.1, 0.15) is 44.7 Å². The van der Waals surface area contributed by atoms with Crippen LogP contribution >= 0.6 is 11.6 Å². The van der Waals surface area contributed by atoms with Gasteiger partial charge >= 0.3 is 0 Å². The molecule has 0 spiro atoms. The predicted octanol–water partition coefficient (Wildman–Crippen LogP) is 4.32. The summed E-state index contributed by atoms with van der Waals surface area (Å²) in [5.74, 6) is 5.63. The average molecular weight is 268 g/mol. The molecule has 0 radical (unpaired) electrons. The highest BCUT2D eigenvalue weighted by atomic mass is 35.5. The lowest BCUT2D eigenvalue weighted by Crippen LogP contribution is -2.22. The fraction of sp³-hybridized carbons (Fsp3) is 0.467. The maximum atomic E-state index is 13.0. The lowest BCUT2D eigenvalue weighted by atomic mass is 10.0. The number of benzene rings is 1. The van der Waals surface area contributed by atoms with Crippen LogP contribution in [0.5, 0.6) is 0 Å². The second kappa shape index (κ2) is 8.13. The van der Waals surface area contributed by atoms with Gasteiger partial charge in [0, 0.05) is 17.5 Å². The lowest BCUT2D eigenvalue weighted by Gasteiger charge is -2.19. The summed E-state index contributed by atoms with van der Waals surface area (Å²) in [6, 6.07) is 4.71. The molecule has 0 amide bonds. The van der Waals surface area contributed by atoms with Crippen molar-refractivity contribution in [2.24, 2.45) is 0 Å². The molecule has 1 aromatic carbocycles. The highest BCUT2D eigenvalue weighted by Gasteiger charge is 2.13. The molecule has 3 heteroatoms. The first-order valence-corrected chi connectivity index (χ1v) is 6.64. The van der Waals surface area contributed by atoms with Crippen LogP contribution in [0.25, 0.3) is 0 Å². The summed E-state index contributed by atoms with van der Waals surface area (Å²) in [5, 5.41) is 3.91. The third-order valence-electron chi connectivity index (χ3n) is 2.71. The van der Waals surface area contributed by atoms with Gasteiger partial charge in [0.1, 0.15) is 5.82 Å². The third kappa shape index (κ3) is 4.68. The number of hydrogen-bond donors (Lipinski definition) is 1. The van der Waals surface area contributed by atoms with Crippen molar-refractivity contribution < 1.29 is 4.39 Å².